The highest BCUT2D eigenvalue weighted by molar-refractivity contribution is 7.92. The summed E-state index contributed by atoms with van der Waals surface area (Å²) in [6.45, 7) is 10.1. The lowest BCUT2D eigenvalue weighted by Crippen LogP contribution is -2.41. The molecule has 0 bridgehead atoms. The summed E-state index contributed by atoms with van der Waals surface area (Å²) >= 11 is 6.25. The molecule has 0 N–H and O–H groups in total. The van der Waals surface area contributed by atoms with Crippen LogP contribution >= 0.6 is 11.6 Å². The first-order chi connectivity index (χ1) is 13.4. The second-order valence-corrected chi connectivity index (χ2v) is 11.1. The Morgan fingerprint density at radius 3 is 2.21 bits per heavy atom. The van der Waals surface area contributed by atoms with Crippen LogP contribution in [0.1, 0.15) is 44.6 Å². The van der Waals surface area contributed by atoms with Crippen LogP contribution in [-0.4, -0.2) is 33.3 Å². The lowest BCUT2D eigenvalue weighted by molar-refractivity contribution is 0.00578. The van der Waals surface area contributed by atoms with Crippen molar-refractivity contribution >= 4 is 34.4 Å². The number of hydrogen-bond acceptors (Lipinski definition) is 4. The standard InChI is InChI=1S/C21H25BClNO4S/c1-14-6-9-16(10-7-14)29(25,26)24-13-18(17-12-15(23)8-11-19(17)24)22-27-20(2,3)21(4,5)28-22/h6-12,18H,13H2,1-5H3. The first kappa shape index (κ1) is 20.7. The van der Waals surface area contributed by atoms with Gasteiger partial charge >= 0.3 is 7.12 Å². The second kappa shape index (κ2) is 6.74. The highest BCUT2D eigenvalue weighted by atomic mass is 35.5. The van der Waals surface area contributed by atoms with Crippen molar-refractivity contribution in [2.75, 3.05) is 10.8 Å². The normalized spacial score (nSPS) is 22.8. The Bertz CT molecular complexity index is 1040. The maximum atomic E-state index is 13.4. The molecular weight excluding hydrogens is 409 g/mol. The van der Waals surface area contributed by atoms with Crippen molar-refractivity contribution in [2.24, 2.45) is 0 Å². The molecule has 1 fully saturated rings. The van der Waals surface area contributed by atoms with Gasteiger partial charge in [0, 0.05) is 17.4 Å². The van der Waals surface area contributed by atoms with Crippen LogP contribution in [0, 0.1) is 6.92 Å². The minimum absolute atomic E-state index is 0.239. The van der Waals surface area contributed by atoms with Crippen molar-refractivity contribution < 1.29 is 17.7 Å². The maximum absolute atomic E-state index is 13.4. The molecule has 0 spiro atoms. The van der Waals surface area contributed by atoms with Gasteiger partial charge in [-0.3, -0.25) is 4.31 Å². The van der Waals surface area contributed by atoms with Gasteiger partial charge < -0.3 is 9.31 Å². The van der Waals surface area contributed by atoms with Gasteiger partial charge in [-0.2, -0.15) is 0 Å². The summed E-state index contributed by atoms with van der Waals surface area (Å²) in [6.07, 6.45) is 0. The molecule has 0 radical (unpaired) electrons. The van der Waals surface area contributed by atoms with Crippen molar-refractivity contribution in [2.45, 2.75) is 56.5 Å². The summed E-state index contributed by atoms with van der Waals surface area (Å²) in [4.78, 5) is 0.263. The van der Waals surface area contributed by atoms with E-state index < -0.39 is 28.3 Å². The van der Waals surface area contributed by atoms with Gasteiger partial charge in [-0.15, -0.1) is 0 Å². The summed E-state index contributed by atoms with van der Waals surface area (Å²) in [7, 11) is -4.28. The van der Waals surface area contributed by atoms with Gasteiger partial charge in [-0.25, -0.2) is 8.42 Å². The summed E-state index contributed by atoms with van der Waals surface area (Å²) in [6, 6.07) is 12.2. The van der Waals surface area contributed by atoms with Gasteiger partial charge in [0.15, 0.2) is 0 Å². The molecule has 1 unspecified atom stereocenters. The van der Waals surface area contributed by atoms with E-state index in [4.69, 9.17) is 20.9 Å². The molecule has 2 aromatic carbocycles. The van der Waals surface area contributed by atoms with E-state index >= 15 is 0 Å². The zero-order valence-electron chi connectivity index (χ0n) is 17.3. The maximum Gasteiger partial charge on any atom is 0.467 e. The fourth-order valence-electron chi connectivity index (χ4n) is 3.78. The highest BCUT2D eigenvalue weighted by Gasteiger charge is 2.56. The van der Waals surface area contributed by atoms with Crippen molar-refractivity contribution in [3.05, 3.63) is 58.6 Å². The molecular formula is C21H25BClNO4S. The Morgan fingerprint density at radius 2 is 1.62 bits per heavy atom. The summed E-state index contributed by atoms with van der Waals surface area (Å²) in [5.74, 6) is -0.273. The van der Waals surface area contributed by atoms with Crippen molar-refractivity contribution in [3.63, 3.8) is 0 Å². The predicted octanol–water partition coefficient (Wildman–Crippen LogP) is 4.57. The van der Waals surface area contributed by atoms with Gasteiger partial charge in [0.25, 0.3) is 10.0 Å². The zero-order chi connectivity index (χ0) is 21.2. The number of hydrogen-bond donors (Lipinski definition) is 0. The number of aryl methyl sites for hydroxylation is 1. The fourth-order valence-corrected chi connectivity index (χ4v) is 5.47. The number of sulfonamides is 1. The SMILES string of the molecule is Cc1ccc(S(=O)(=O)N2CC(B3OC(C)(C)C(C)(C)O3)c3cc(Cl)ccc32)cc1. The Balaban J connectivity index is 1.75. The smallest absolute Gasteiger partial charge is 0.403 e. The average Bonchev–Trinajstić information content (AvgIpc) is 3.09. The molecule has 2 aliphatic heterocycles. The third kappa shape index (κ3) is 3.38. The average molecular weight is 434 g/mol. The highest BCUT2D eigenvalue weighted by Crippen LogP contribution is 2.47. The largest absolute Gasteiger partial charge is 0.467 e. The Morgan fingerprint density at radius 1 is 1.03 bits per heavy atom. The lowest BCUT2D eigenvalue weighted by atomic mass is 9.69. The molecule has 154 valence electrons. The van der Waals surface area contributed by atoms with E-state index in [1.807, 2.05) is 40.7 Å². The zero-order valence-corrected chi connectivity index (χ0v) is 18.8. The first-order valence-corrected chi connectivity index (χ1v) is 11.5. The molecule has 0 saturated carbocycles. The number of anilines is 1. The van der Waals surface area contributed by atoms with E-state index in [1.54, 1.807) is 36.4 Å². The molecule has 2 aliphatic rings. The summed E-state index contributed by atoms with van der Waals surface area (Å²) in [5.41, 5.74) is 1.45. The molecule has 29 heavy (non-hydrogen) atoms. The summed E-state index contributed by atoms with van der Waals surface area (Å²) in [5, 5.41) is 0.555. The predicted molar refractivity (Wildman–Crippen MR) is 116 cm³/mol. The number of halogens is 1. The van der Waals surface area contributed by atoms with Crippen LogP contribution in [0.4, 0.5) is 5.69 Å². The van der Waals surface area contributed by atoms with Crippen LogP contribution < -0.4 is 4.31 Å². The molecule has 2 aromatic rings. The molecule has 0 amide bonds. The molecule has 1 atom stereocenters. The molecule has 0 aromatic heterocycles. The topological polar surface area (TPSA) is 55.8 Å². The Hall–Kier alpha value is -1.54. The van der Waals surface area contributed by atoms with E-state index in [0.29, 0.717) is 10.7 Å². The van der Waals surface area contributed by atoms with Crippen molar-refractivity contribution in [1.82, 2.24) is 0 Å². The van der Waals surface area contributed by atoms with E-state index in [-0.39, 0.29) is 17.3 Å². The number of fused-ring (bicyclic) bond motifs is 1. The van der Waals surface area contributed by atoms with Gasteiger partial charge in [0.1, 0.15) is 0 Å². The number of nitrogens with zero attached hydrogens (tertiary/aromatic N) is 1. The van der Waals surface area contributed by atoms with Crippen LogP contribution in [-0.2, 0) is 19.3 Å². The molecule has 1 saturated heterocycles. The van der Waals surface area contributed by atoms with Gasteiger partial charge in [-0.05, 0) is 70.5 Å². The third-order valence-electron chi connectivity index (χ3n) is 6.23. The number of rotatable bonds is 3. The fraction of sp³-hybridized carbons (Fsp3) is 0.429. The van der Waals surface area contributed by atoms with Crippen LogP contribution in [0.15, 0.2) is 47.4 Å². The molecule has 0 aliphatic carbocycles. The van der Waals surface area contributed by atoms with Crippen LogP contribution in [0.5, 0.6) is 0 Å². The molecule has 8 heteroatoms. The van der Waals surface area contributed by atoms with E-state index in [9.17, 15) is 8.42 Å². The monoisotopic (exact) mass is 433 g/mol. The summed E-state index contributed by atoms with van der Waals surface area (Å²) < 4.78 is 40.8. The van der Waals surface area contributed by atoms with Gasteiger partial charge in [-0.1, -0.05) is 29.3 Å². The van der Waals surface area contributed by atoms with E-state index in [1.165, 1.54) is 4.31 Å². The van der Waals surface area contributed by atoms with Gasteiger partial charge in [0.2, 0.25) is 0 Å². The minimum atomic E-state index is -3.72. The third-order valence-corrected chi connectivity index (χ3v) is 8.26. The molecule has 5 nitrogen and oxygen atoms in total. The molecule has 4 rings (SSSR count). The minimum Gasteiger partial charge on any atom is -0.403 e. The Kier molecular flexibility index (Phi) is 4.82. The first-order valence-electron chi connectivity index (χ1n) is 9.67. The van der Waals surface area contributed by atoms with E-state index in [0.717, 1.165) is 11.1 Å². The lowest BCUT2D eigenvalue weighted by Gasteiger charge is -2.32. The molecule has 2 heterocycles. The van der Waals surface area contributed by atoms with Crippen molar-refractivity contribution in [1.29, 1.82) is 0 Å². The van der Waals surface area contributed by atoms with Gasteiger partial charge in [0.05, 0.1) is 21.8 Å². The Labute approximate surface area is 178 Å². The van der Waals surface area contributed by atoms with Crippen molar-refractivity contribution in [3.8, 4) is 0 Å². The quantitative estimate of drug-likeness (QED) is 0.665. The second-order valence-electron chi connectivity index (χ2n) is 8.78. The van der Waals surface area contributed by atoms with Crippen LogP contribution in [0.2, 0.25) is 5.02 Å². The number of benzene rings is 2. The van der Waals surface area contributed by atoms with Crippen LogP contribution in [0.25, 0.3) is 0 Å². The van der Waals surface area contributed by atoms with E-state index in [2.05, 4.69) is 0 Å². The van der Waals surface area contributed by atoms with Crippen LogP contribution in [0.3, 0.4) is 0 Å².